The Balaban J connectivity index is 1.94. The molecular formula is C15H15N3O2S. The molecule has 1 heterocycles. The summed E-state index contributed by atoms with van der Waals surface area (Å²) in [5.41, 5.74) is 8.31. The van der Waals surface area contributed by atoms with Crippen molar-refractivity contribution in [3.05, 3.63) is 36.4 Å². The Morgan fingerprint density at radius 1 is 1.05 bits per heavy atom. The van der Waals surface area contributed by atoms with E-state index in [1.165, 1.54) is 0 Å². The Hall–Kier alpha value is -2.47. The maximum atomic E-state index is 5.79. The number of benzene rings is 2. The van der Waals surface area contributed by atoms with Gasteiger partial charge in [-0.05, 0) is 18.2 Å². The van der Waals surface area contributed by atoms with Crippen LogP contribution in [0.4, 0.5) is 16.5 Å². The first-order chi connectivity index (χ1) is 10.2. The highest BCUT2D eigenvalue weighted by Gasteiger charge is 2.07. The van der Waals surface area contributed by atoms with Gasteiger partial charge in [-0.25, -0.2) is 4.98 Å². The molecule has 3 aromatic rings. The number of hydrogen-bond acceptors (Lipinski definition) is 6. The number of nitrogen functional groups attached to an aromatic ring is 1. The van der Waals surface area contributed by atoms with E-state index in [1.807, 2.05) is 36.4 Å². The maximum absolute atomic E-state index is 5.79. The molecule has 1 aromatic heterocycles. The Bertz CT molecular complexity index is 763. The highest BCUT2D eigenvalue weighted by atomic mass is 32.1. The lowest BCUT2D eigenvalue weighted by Crippen LogP contribution is -1.93. The first-order valence-corrected chi connectivity index (χ1v) is 7.16. The number of rotatable bonds is 4. The molecule has 2 aromatic carbocycles. The highest BCUT2D eigenvalue weighted by molar-refractivity contribution is 7.22. The van der Waals surface area contributed by atoms with Crippen molar-refractivity contribution in [1.82, 2.24) is 4.98 Å². The molecule has 0 aliphatic rings. The summed E-state index contributed by atoms with van der Waals surface area (Å²) in [6.07, 6.45) is 0. The van der Waals surface area contributed by atoms with E-state index in [0.29, 0.717) is 0 Å². The zero-order chi connectivity index (χ0) is 14.8. The van der Waals surface area contributed by atoms with Crippen LogP contribution in [0.3, 0.4) is 0 Å². The molecule has 0 radical (unpaired) electrons. The molecule has 0 spiro atoms. The number of methoxy groups -OCH3 is 2. The second-order valence-corrected chi connectivity index (χ2v) is 5.50. The van der Waals surface area contributed by atoms with E-state index in [4.69, 9.17) is 15.2 Å². The summed E-state index contributed by atoms with van der Waals surface area (Å²) in [7, 11) is 3.25. The quantitative estimate of drug-likeness (QED) is 0.720. The molecule has 0 aliphatic heterocycles. The number of nitrogens with one attached hydrogen (secondary N) is 1. The second-order valence-electron chi connectivity index (χ2n) is 4.47. The van der Waals surface area contributed by atoms with E-state index in [2.05, 4.69) is 10.3 Å². The van der Waals surface area contributed by atoms with E-state index < -0.39 is 0 Å². The van der Waals surface area contributed by atoms with Gasteiger partial charge in [0.25, 0.3) is 0 Å². The molecule has 0 unspecified atom stereocenters. The van der Waals surface area contributed by atoms with Gasteiger partial charge in [-0.1, -0.05) is 11.3 Å². The summed E-state index contributed by atoms with van der Waals surface area (Å²) in [6, 6.07) is 11.3. The molecule has 6 heteroatoms. The largest absolute Gasteiger partial charge is 0.497 e. The summed E-state index contributed by atoms with van der Waals surface area (Å²) in [5, 5.41) is 4.07. The first kappa shape index (κ1) is 13.5. The van der Waals surface area contributed by atoms with Gasteiger partial charge in [-0.2, -0.15) is 0 Å². The number of aromatic nitrogens is 1. The van der Waals surface area contributed by atoms with Crippen LogP contribution in [0, 0.1) is 0 Å². The van der Waals surface area contributed by atoms with Gasteiger partial charge in [0, 0.05) is 29.6 Å². The molecule has 21 heavy (non-hydrogen) atoms. The van der Waals surface area contributed by atoms with Crippen molar-refractivity contribution in [1.29, 1.82) is 0 Å². The van der Waals surface area contributed by atoms with Gasteiger partial charge in [-0.15, -0.1) is 0 Å². The predicted octanol–water partition coefficient (Wildman–Crippen LogP) is 3.64. The lowest BCUT2D eigenvalue weighted by Gasteiger charge is -2.08. The van der Waals surface area contributed by atoms with Crippen LogP contribution in [0.15, 0.2) is 36.4 Å². The summed E-state index contributed by atoms with van der Waals surface area (Å²) < 4.78 is 11.6. The summed E-state index contributed by atoms with van der Waals surface area (Å²) >= 11 is 1.55. The van der Waals surface area contributed by atoms with Gasteiger partial charge in [-0.3, -0.25) is 0 Å². The predicted molar refractivity (Wildman–Crippen MR) is 86.9 cm³/mol. The van der Waals surface area contributed by atoms with E-state index in [9.17, 15) is 0 Å². The van der Waals surface area contributed by atoms with E-state index in [-0.39, 0.29) is 0 Å². The minimum absolute atomic E-state index is 0.724. The molecule has 3 N–H and O–H groups in total. The molecule has 0 atom stereocenters. The van der Waals surface area contributed by atoms with Crippen molar-refractivity contribution in [3.8, 4) is 11.5 Å². The monoisotopic (exact) mass is 301 g/mol. The van der Waals surface area contributed by atoms with Crippen molar-refractivity contribution >= 4 is 38.1 Å². The standard InChI is InChI=1S/C15H15N3O2S/c1-19-11-6-10(7-12(8-11)20-2)17-15-18-13-4-3-9(16)5-14(13)21-15/h3-8H,16H2,1-2H3,(H,17,18). The third-order valence-corrected chi connectivity index (χ3v) is 3.95. The molecule has 0 amide bonds. The summed E-state index contributed by atoms with van der Waals surface area (Å²) in [4.78, 5) is 4.53. The van der Waals surface area contributed by atoms with Crippen molar-refractivity contribution in [2.75, 3.05) is 25.3 Å². The fourth-order valence-corrected chi connectivity index (χ4v) is 2.93. The second kappa shape index (κ2) is 5.49. The van der Waals surface area contributed by atoms with Crippen LogP contribution < -0.4 is 20.5 Å². The van der Waals surface area contributed by atoms with Crippen molar-refractivity contribution in [2.24, 2.45) is 0 Å². The van der Waals surface area contributed by atoms with Gasteiger partial charge < -0.3 is 20.5 Å². The molecule has 0 aliphatic carbocycles. The van der Waals surface area contributed by atoms with Gasteiger partial charge in [0.2, 0.25) is 0 Å². The molecule has 5 nitrogen and oxygen atoms in total. The molecule has 0 bridgehead atoms. The molecular weight excluding hydrogens is 286 g/mol. The summed E-state index contributed by atoms with van der Waals surface area (Å²) in [6.45, 7) is 0. The lowest BCUT2D eigenvalue weighted by molar-refractivity contribution is 0.395. The molecule has 0 saturated heterocycles. The van der Waals surface area contributed by atoms with Gasteiger partial charge >= 0.3 is 0 Å². The summed E-state index contributed by atoms with van der Waals surface area (Å²) in [5.74, 6) is 1.45. The minimum atomic E-state index is 0.724. The van der Waals surface area contributed by atoms with Gasteiger partial charge in [0.1, 0.15) is 11.5 Å². The molecule has 0 saturated carbocycles. The van der Waals surface area contributed by atoms with Crippen molar-refractivity contribution in [2.45, 2.75) is 0 Å². The van der Waals surface area contributed by atoms with Gasteiger partial charge in [0.05, 0.1) is 24.4 Å². The van der Waals surface area contributed by atoms with Crippen LogP contribution in [0.1, 0.15) is 0 Å². The van der Waals surface area contributed by atoms with Gasteiger partial charge in [0.15, 0.2) is 5.13 Å². The van der Waals surface area contributed by atoms with Crippen molar-refractivity contribution in [3.63, 3.8) is 0 Å². The lowest BCUT2D eigenvalue weighted by atomic mass is 10.3. The van der Waals surface area contributed by atoms with Crippen LogP contribution in [0.5, 0.6) is 11.5 Å². The molecule has 108 valence electrons. The van der Waals surface area contributed by atoms with Crippen LogP contribution in [0.2, 0.25) is 0 Å². The van der Waals surface area contributed by atoms with E-state index in [0.717, 1.165) is 38.2 Å². The minimum Gasteiger partial charge on any atom is -0.497 e. The number of fused-ring (bicyclic) bond motifs is 1. The average molecular weight is 301 g/mol. The van der Waals surface area contributed by atoms with Crippen LogP contribution >= 0.6 is 11.3 Å². The fraction of sp³-hybridized carbons (Fsp3) is 0.133. The number of anilines is 3. The number of nitrogens with zero attached hydrogens (tertiary/aromatic N) is 1. The Morgan fingerprint density at radius 2 is 1.76 bits per heavy atom. The third kappa shape index (κ3) is 2.85. The van der Waals surface area contributed by atoms with Crippen molar-refractivity contribution < 1.29 is 9.47 Å². The molecule has 3 rings (SSSR count). The van der Waals surface area contributed by atoms with E-state index in [1.54, 1.807) is 25.6 Å². The number of hydrogen-bond donors (Lipinski definition) is 2. The number of ether oxygens (including phenoxy) is 2. The number of thiazole rings is 1. The Kier molecular flexibility index (Phi) is 3.53. The smallest absolute Gasteiger partial charge is 0.188 e. The topological polar surface area (TPSA) is 69.4 Å². The van der Waals surface area contributed by atoms with Crippen LogP contribution in [-0.2, 0) is 0 Å². The Labute approximate surface area is 126 Å². The highest BCUT2D eigenvalue weighted by Crippen LogP contribution is 2.32. The van der Waals surface area contributed by atoms with Crippen LogP contribution in [0.25, 0.3) is 10.2 Å². The van der Waals surface area contributed by atoms with Crippen LogP contribution in [-0.4, -0.2) is 19.2 Å². The zero-order valence-electron chi connectivity index (χ0n) is 11.7. The average Bonchev–Trinajstić information content (AvgIpc) is 2.87. The SMILES string of the molecule is COc1cc(Nc2nc3ccc(N)cc3s2)cc(OC)c1. The van der Waals surface area contributed by atoms with E-state index >= 15 is 0 Å². The third-order valence-electron chi connectivity index (χ3n) is 3.02. The molecule has 0 fully saturated rings. The Morgan fingerprint density at radius 3 is 2.43 bits per heavy atom. The zero-order valence-corrected chi connectivity index (χ0v) is 12.5. The maximum Gasteiger partial charge on any atom is 0.188 e. The number of nitrogens with two attached hydrogens (primary N) is 1. The normalized spacial score (nSPS) is 10.6. The fourth-order valence-electron chi connectivity index (χ4n) is 2.00. The first-order valence-electron chi connectivity index (χ1n) is 6.34.